The van der Waals surface area contributed by atoms with Crippen LogP contribution in [0.25, 0.3) is 44.5 Å². The molecule has 9 rings (SSSR count). The second kappa shape index (κ2) is 13.2. The molecule has 0 radical (unpaired) electrons. The minimum Gasteiger partial charge on any atom is -0.323 e. The first-order valence-corrected chi connectivity index (χ1v) is 17.8. The van der Waals surface area contributed by atoms with Crippen molar-refractivity contribution in [2.45, 2.75) is 12.0 Å². The molecule has 3 unspecified atom stereocenters. The molecule has 0 spiro atoms. The number of fused-ring (bicyclic) bond motifs is 3. The third-order valence-corrected chi connectivity index (χ3v) is 10.5. The minimum absolute atomic E-state index is 0.0298. The molecule has 7 aromatic rings. The minimum atomic E-state index is -0.0298. The number of allylic oxidation sites excluding steroid dienone is 2. The molecule has 2 heteroatoms. The summed E-state index contributed by atoms with van der Waals surface area (Å²) < 4.78 is 0. The van der Waals surface area contributed by atoms with Crippen LogP contribution in [0.2, 0.25) is 0 Å². The first-order valence-electron chi connectivity index (χ1n) is 17.8. The van der Waals surface area contributed by atoms with Gasteiger partial charge in [-0.1, -0.05) is 158 Å². The zero-order valence-electron chi connectivity index (χ0n) is 28.3. The summed E-state index contributed by atoms with van der Waals surface area (Å²) in [6.45, 7) is 0. The Morgan fingerprint density at radius 1 is 0.431 bits per heavy atom. The SMILES string of the molecule is NC1c2ccccc2C2C=CC(N(c3ccccc3)c3ccc(-c4c(-c5ccccc5)cc(-c5ccccc5)cc4-c4ccccc4)cc3)=CC12. The molecular formula is C49H38N2. The van der Waals surface area contributed by atoms with Gasteiger partial charge in [-0.3, -0.25) is 0 Å². The zero-order valence-corrected chi connectivity index (χ0v) is 28.3. The van der Waals surface area contributed by atoms with Crippen molar-refractivity contribution in [2.75, 3.05) is 4.90 Å². The predicted molar refractivity (Wildman–Crippen MR) is 214 cm³/mol. The summed E-state index contributed by atoms with van der Waals surface area (Å²) in [5.74, 6) is 0.504. The molecule has 2 N–H and O–H groups in total. The highest BCUT2D eigenvalue weighted by Crippen LogP contribution is 2.49. The summed E-state index contributed by atoms with van der Waals surface area (Å²) in [6, 6.07) is 65.3. The van der Waals surface area contributed by atoms with Gasteiger partial charge in [-0.15, -0.1) is 0 Å². The van der Waals surface area contributed by atoms with Crippen LogP contribution in [-0.2, 0) is 0 Å². The van der Waals surface area contributed by atoms with E-state index in [0.717, 1.165) is 17.1 Å². The largest absolute Gasteiger partial charge is 0.323 e. The lowest BCUT2D eigenvalue weighted by atomic mass is 9.84. The van der Waals surface area contributed by atoms with Gasteiger partial charge in [0.05, 0.1) is 0 Å². The van der Waals surface area contributed by atoms with E-state index in [0.29, 0.717) is 5.92 Å². The fraction of sp³-hybridized carbons (Fsp3) is 0.0612. The van der Waals surface area contributed by atoms with Gasteiger partial charge in [-0.2, -0.15) is 0 Å². The van der Waals surface area contributed by atoms with Crippen LogP contribution >= 0.6 is 0 Å². The first-order chi connectivity index (χ1) is 25.2. The van der Waals surface area contributed by atoms with E-state index in [4.69, 9.17) is 5.73 Å². The number of nitrogens with two attached hydrogens (primary N) is 1. The molecule has 2 nitrogen and oxygen atoms in total. The lowest BCUT2D eigenvalue weighted by Crippen LogP contribution is -2.23. The van der Waals surface area contributed by atoms with Gasteiger partial charge in [0.1, 0.15) is 0 Å². The third kappa shape index (κ3) is 5.70. The van der Waals surface area contributed by atoms with Gasteiger partial charge in [0, 0.05) is 34.9 Å². The lowest BCUT2D eigenvalue weighted by Gasteiger charge is -2.31. The van der Waals surface area contributed by atoms with Crippen LogP contribution in [0, 0.1) is 5.92 Å². The number of anilines is 2. The van der Waals surface area contributed by atoms with E-state index < -0.39 is 0 Å². The number of hydrogen-bond acceptors (Lipinski definition) is 2. The van der Waals surface area contributed by atoms with Crippen LogP contribution < -0.4 is 10.6 Å². The predicted octanol–water partition coefficient (Wildman–Crippen LogP) is 12.4. The summed E-state index contributed by atoms with van der Waals surface area (Å²) in [7, 11) is 0. The Morgan fingerprint density at radius 2 is 0.922 bits per heavy atom. The van der Waals surface area contributed by atoms with E-state index >= 15 is 0 Å². The van der Waals surface area contributed by atoms with E-state index in [1.165, 1.54) is 55.6 Å². The average Bonchev–Trinajstić information content (AvgIpc) is 3.50. The van der Waals surface area contributed by atoms with Crippen molar-refractivity contribution in [3.05, 3.63) is 217 Å². The van der Waals surface area contributed by atoms with Gasteiger partial charge in [0.25, 0.3) is 0 Å². The molecule has 0 aromatic heterocycles. The Balaban J connectivity index is 1.18. The van der Waals surface area contributed by atoms with Crippen molar-refractivity contribution in [3.63, 3.8) is 0 Å². The first kappa shape index (κ1) is 30.8. The molecule has 0 heterocycles. The molecular weight excluding hydrogens is 617 g/mol. The van der Waals surface area contributed by atoms with Gasteiger partial charge in [0.15, 0.2) is 0 Å². The molecule has 0 saturated carbocycles. The standard InChI is InChI=1S/C49H38N2/c50-49-44-24-14-13-23-42(44)43-30-29-41(33-47(43)49)51(39-21-11-4-12-22-39)40-27-25-37(26-28-40)48-45(35-17-7-2-8-18-35)31-38(34-15-5-1-6-16-34)32-46(48)36-19-9-3-10-20-36/h1-33,43,47,49H,50H2. The highest BCUT2D eigenvalue weighted by Gasteiger charge is 2.38. The van der Waals surface area contributed by atoms with E-state index in [9.17, 15) is 0 Å². The monoisotopic (exact) mass is 654 g/mol. The zero-order chi connectivity index (χ0) is 34.1. The maximum Gasteiger partial charge on any atom is 0.0461 e. The van der Waals surface area contributed by atoms with Crippen LogP contribution in [-0.4, -0.2) is 0 Å². The molecule has 0 bridgehead atoms. The number of rotatable bonds is 7. The van der Waals surface area contributed by atoms with E-state index in [1.54, 1.807) is 0 Å². The number of nitrogens with zero attached hydrogens (tertiary/aromatic N) is 1. The molecule has 3 atom stereocenters. The quantitative estimate of drug-likeness (QED) is 0.185. The van der Waals surface area contributed by atoms with E-state index in [2.05, 4.69) is 205 Å². The highest BCUT2D eigenvalue weighted by atomic mass is 15.1. The van der Waals surface area contributed by atoms with Gasteiger partial charge in [-0.05, 0) is 98.1 Å². The Kier molecular flexibility index (Phi) is 8.00. The van der Waals surface area contributed by atoms with Gasteiger partial charge >= 0.3 is 0 Å². The fourth-order valence-electron chi connectivity index (χ4n) is 8.04. The Bertz CT molecular complexity index is 2300. The second-order valence-corrected chi connectivity index (χ2v) is 13.5. The Morgan fingerprint density at radius 3 is 1.51 bits per heavy atom. The molecule has 2 aliphatic rings. The summed E-state index contributed by atoms with van der Waals surface area (Å²) in [5, 5.41) is 0. The van der Waals surface area contributed by atoms with Crippen molar-refractivity contribution < 1.29 is 0 Å². The van der Waals surface area contributed by atoms with Gasteiger partial charge < -0.3 is 10.6 Å². The number of hydrogen-bond donors (Lipinski definition) is 1. The summed E-state index contributed by atoms with van der Waals surface area (Å²) in [4.78, 5) is 2.36. The van der Waals surface area contributed by atoms with Crippen LogP contribution in [0.3, 0.4) is 0 Å². The lowest BCUT2D eigenvalue weighted by molar-refractivity contribution is 0.521. The molecule has 51 heavy (non-hydrogen) atoms. The van der Waals surface area contributed by atoms with Crippen molar-refractivity contribution in [1.82, 2.24) is 0 Å². The third-order valence-electron chi connectivity index (χ3n) is 10.5. The Hall–Kier alpha value is -6.22. The topological polar surface area (TPSA) is 29.3 Å². The molecule has 0 aliphatic heterocycles. The second-order valence-electron chi connectivity index (χ2n) is 13.5. The molecule has 7 aromatic carbocycles. The highest BCUT2D eigenvalue weighted by molar-refractivity contribution is 5.98. The fourth-order valence-corrected chi connectivity index (χ4v) is 8.04. The van der Waals surface area contributed by atoms with Crippen LogP contribution in [0.1, 0.15) is 23.1 Å². The smallest absolute Gasteiger partial charge is 0.0461 e. The van der Waals surface area contributed by atoms with Crippen molar-refractivity contribution in [2.24, 2.45) is 11.7 Å². The maximum absolute atomic E-state index is 6.90. The molecule has 0 fully saturated rings. The van der Waals surface area contributed by atoms with E-state index in [-0.39, 0.29) is 12.0 Å². The summed E-state index contributed by atoms with van der Waals surface area (Å²) in [6.07, 6.45) is 7.02. The van der Waals surface area contributed by atoms with Crippen LogP contribution in [0.4, 0.5) is 11.4 Å². The van der Waals surface area contributed by atoms with Crippen molar-refractivity contribution >= 4 is 11.4 Å². The summed E-state index contributed by atoms with van der Waals surface area (Å²) >= 11 is 0. The molecule has 2 aliphatic carbocycles. The van der Waals surface area contributed by atoms with E-state index in [1.807, 2.05) is 0 Å². The summed E-state index contributed by atoms with van der Waals surface area (Å²) in [5.41, 5.74) is 22.5. The maximum atomic E-state index is 6.90. The normalized spacial score (nSPS) is 17.4. The van der Waals surface area contributed by atoms with Gasteiger partial charge in [0.2, 0.25) is 0 Å². The van der Waals surface area contributed by atoms with Gasteiger partial charge in [-0.25, -0.2) is 0 Å². The van der Waals surface area contributed by atoms with Crippen LogP contribution in [0.5, 0.6) is 0 Å². The molecule has 0 amide bonds. The Labute approximate surface area is 300 Å². The molecule has 244 valence electrons. The number of benzene rings is 7. The average molecular weight is 655 g/mol. The molecule has 0 saturated heterocycles. The van der Waals surface area contributed by atoms with Crippen molar-refractivity contribution in [3.8, 4) is 44.5 Å². The van der Waals surface area contributed by atoms with Crippen molar-refractivity contribution in [1.29, 1.82) is 0 Å². The number of para-hydroxylation sites is 1. The van der Waals surface area contributed by atoms with Crippen LogP contribution in [0.15, 0.2) is 206 Å².